The first-order chi connectivity index (χ1) is 11.0. The maximum absolute atomic E-state index is 12.4. The van der Waals surface area contributed by atoms with Gasteiger partial charge >= 0.3 is 0 Å². The van der Waals surface area contributed by atoms with Gasteiger partial charge in [-0.05, 0) is 38.1 Å². The minimum absolute atomic E-state index is 0.243. The molecule has 2 aromatic rings. The lowest BCUT2D eigenvalue weighted by Crippen LogP contribution is -2.48. The van der Waals surface area contributed by atoms with E-state index in [9.17, 15) is 8.42 Å². The van der Waals surface area contributed by atoms with E-state index in [4.69, 9.17) is 9.47 Å². The summed E-state index contributed by atoms with van der Waals surface area (Å²) in [7, 11) is -3.59. The average molecular weight is 333 g/mol. The van der Waals surface area contributed by atoms with Crippen LogP contribution in [0.4, 0.5) is 0 Å². The first-order valence-electron chi connectivity index (χ1n) is 7.43. The van der Waals surface area contributed by atoms with E-state index in [2.05, 4.69) is 4.72 Å². The Morgan fingerprint density at radius 3 is 2.43 bits per heavy atom. The van der Waals surface area contributed by atoms with E-state index in [1.165, 1.54) is 0 Å². The Labute approximate surface area is 136 Å². The third-order valence-electron chi connectivity index (χ3n) is 3.76. The molecule has 2 aromatic carbocycles. The lowest BCUT2D eigenvalue weighted by molar-refractivity contribution is 0.0725. The predicted molar refractivity (Wildman–Crippen MR) is 87.3 cm³/mol. The van der Waals surface area contributed by atoms with E-state index < -0.39 is 16.1 Å². The maximum atomic E-state index is 12.4. The van der Waals surface area contributed by atoms with Gasteiger partial charge in [0.05, 0.1) is 10.9 Å². The zero-order valence-corrected chi connectivity index (χ0v) is 13.8. The van der Waals surface area contributed by atoms with E-state index in [1.54, 1.807) is 31.2 Å². The molecule has 1 N–H and O–H groups in total. The second kappa shape index (κ2) is 6.22. The van der Waals surface area contributed by atoms with Crippen molar-refractivity contribution in [3.63, 3.8) is 0 Å². The second-order valence-corrected chi connectivity index (χ2v) is 7.35. The highest BCUT2D eigenvalue weighted by atomic mass is 32.2. The molecule has 0 saturated heterocycles. The Kier molecular flexibility index (Phi) is 4.28. The van der Waals surface area contributed by atoms with E-state index >= 15 is 0 Å². The van der Waals surface area contributed by atoms with Crippen molar-refractivity contribution in [1.29, 1.82) is 0 Å². The van der Waals surface area contributed by atoms with Crippen LogP contribution >= 0.6 is 0 Å². The summed E-state index contributed by atoms with van der Waals surface area (Å²) in [5.41, 5.74) is 1.01. The molecule has 2 atom stereocenters. The van der Waals surface area contributed by atoms with Gasteiger partial charge in [-0.25, -0.2) is 13.1 Å². The number of nitrogens with one attached hydrogen (secondary N) is 1. The zero-order valence-electron chi connectivity index (χ0n) is 13.0. The standard InChI is InChI=1S/C17H19NO4S/c1-12-7-9-14(10-8-12)23(19,20)18-13(2)17-11-21-15-5-3-4-6-16(15)22-17/h3-10,13,17-18H,11H2,1-2H3/t13-,17-/m1/s1. The number of hydrogen-bond acceptors (Lipinski definition) is 4. The number of aryl methyl sites for hydroxylation is 1. The van der Waals surface area contributed by atoms with Crippen molar-refractivity contribution in [3.8, 4) is 11.5 Å². The molecule has 0 amide bonds. The van der Waals surface area contributed by atoms with Gasteiger partial charge < -0.3 is 9.47 Å². The highest BCUT2D eigenvalue weighted by Crippen LogP contribution is 2.31. The summed E-state index contributed by atoms with van der Waals surface area (Å²) in [6.07, 6.45) is -0.384. The van der Waals surface area contributed by atoms with Gasteiger partial charge in [-0.2, -0.15) is 0 Å². The summed E-state index contributed by atoms with van der Waals surface area (Å²) in [5, 5.41) is 0. The van der Waals surface area contributed by atoms with Crippen LogP contribution in [0.15, 0.2) is 53.4 Å². The third kappa shape index (κ3) is 3.48. The van der Waals surface area contributed by atoms with E-state index in [0.717, 1.165) is 5.56 Å². The van der Waals surface area contributed by atoms with Crippen molar-refractivity contribution in [2.24, 2.45) is 0 Å². The summed E-state index contributed by atoms with van der Waals surface area (Å²) in [6, 6.07) is 13.7. The molecule has 1 aliphatic heterocycles. The van der Waals surface area contributed by atoms with Crippen LogP contribution in [0.3, 0.4) is 0 Å². The molecular formula is C17H19NO4S. The fraction of sp³-hybridized carbons (Fsp3) is 0.294. The van der Waals surface area contributed by atoms with Crippen molar-refractivity contribution >= 4 is 10.0 Å². The van der Waals surface area contributed by atoms with Gasteiger partial charge in [0.1, 0.15) is 12.7 Å². The molecule has 0 radical (unpaired) electrons. The molecule has 0 fully saturated rings. The van der Waals surface area contributed by atoms with Crippen molar-refractivity contribution in [2.45, 2.75) is 30.9 Å². The first-order valence-corrected chi connectivity index (χ1v) is 8.91. The zero-order chi connectivity index (χ0) is 16.4. The van der Waals surface area contributed by atoms with Gasteiger partial charge in [-0.1, -0.05) is 29.8 Å². The summed E-state index contributed by atoms with van der Waals surface area (Å²) in [6.45, 7) is 3.99. The molecule has 1 heterocycles. The van der Waals surface area contributed by atoms with Crippen LogP contribution < -0.4 is 14.2 Å². The molecule has 0 aliphatic carbocycles. The molecule has 1 aliphatic rings. The molecule has 0 bridgehead atoms. The minimum Gasteiger partial charge on any atom is -0.486 e. The molecule has 6 heteroatoms. The fourth-order valence-corrected chi connectivity index (χ4v) is 3.66. The normalized spacial score (nSPS) is 18.4. The Balaban J connectivity index is 1.72. The molecule has 5 nitrogen and oxygen atoms in total. The van der Waals surface area contributed by atoms with E-state index in [0.29, 0.717) is 18.1 Å². The van der Waals surface area contributed by atoms with Crippen LogP contribution in [0, 0.1) is 6.92 Å². The number of fused-ring (bicyclic) bond motifs is 1. The first kappa shape index (κ1) is 15.8. The lowest BCUT2D eigenvalue weighted by Gasteiger charge is -2.30. The summed E-state index contributed by atoms with van der Waals surface area (Å²) in [4.78, 5) is 0.243. The maximum Gasteiger partial charge on any atom is 0.240 e. The van der Waals surface area contributed by atoms with Gasteiger partial charge in [0.15, 0.2) is 11.5 Å². The Bertz CT molecular complexity index is 786. The summed E-state index contributed by atoms with van der Waals surface area (Å²) < 4.78 is 39.0. The number of hydrogen-bond donors (Lipinski definition) is 1. The van der Waals surface area contributed by atoms with Crippen LogP contribution in [0.1, 0.15) is 12.5 Å². The van der Waals surface area contributed by atoms with Gasteiger partial charge in [0, 0.05) is 0 Å². The average Bonchev–Trinajstić information content (AvgIpc) is 2.54. The number of benzene rings is 2. The largest absolute Gasteiger partial charge is 0.486 e. The van der Waals surface area contributed by atoms with Crippen molar-refractivity contribution < 1.29 is 17.9 Å². The highest BCUT2D eigenvalue weighted by Gasteiger charge is 2.29. The van der Waals surface area contributed by atoms with Gasteiger partial charge in [0.25, 0.3) is 0 Å². The number of para-hydroxylation sites is 2. The fourth-order valence-electron chi connectivity index (χ4n) is 2.39. The lowest BCUT2D eigenvalue weighted by atomic mass is 10.2. The molecule has 23 heavy (non-hydrogen) atoms. The molecule has 0 aromatic heterocycles. The SMILES string of the molecule is Cc1ccc(S(=O)(=O)N[C@H](C)[C@H]2COc3ccccc3O2)cc1. The molecule has 122 valence electrons. The van der Waals surface area contributed by atoms with Crippen molar-refractivity contribution in [3.05, 3.63) is 54.1 Å². The van der Waals surface area contributed by atoms with Gasteiger partial charge in [0.2, 0.25) is 10.0 Å². The van der Waals surface area contributed by atoms with E-state index in [-0.39, 0.29) is 11.0 Å². The molecule has 0 saturated carbocycles. The number of sulfonamides is 1. The second-order valence-electron chi connectivity index (χ2n) is 5.64. The monoisotopic (exact) mass is 333 g/mol. The molecule has 3 rings (SSSR count). The summed E-state index contributed by atoms with van der Waals surface area (Å²) >= 11 is 0. The van der Waals surface area contributed by atoms with Gasteiger partial charge in [-0.15, -0.1) is 0 Å². The Morgan fingerprint density at radius 1 is 1.09 bits per heavy atom. The minimum atomic E-state index is -3.59. The third-order valence-corrected chi connectivity index (χ3v) is 5.34. The molecule has 0 unspecified atom stereocenters. The van der Waals surface area contributed by atoms with E-state index in [1.807, 2.05) is 31.2 Å². The smallest absolute Gasteiger partial charge is 0.240 e. The highest BCUT2D eigenvalue weighted by molar-refractivity contribution is 7.89. The van der Waals surface area contributed by atoms with Crippen LogP contribution in [-0.4, -0.2) is 27.2 Å². The Hall–Kier alpha value is -2.05. The van der Waals surface area contributed by atoms with Crippen molar-refractivity contribution in [1.82, 2.24) is 4.72 Å². The van der Waals surface area contributed by atoms with Crippen molar-refractivity contribution in [2.75, 3.05) is 6.61 Å². The van der Waals surface area contributed by atoms with Gasteiger partial charge in [-0.3, -0.25) is 0 Å². The summed E-state index contributed by atoms with van der Waals surface area (Å²) in [5.74, 6) is 1.31. The molecular weight excluding hydrogens is 314 g/mol. The van der Waals surface area contributed by atoms with Crippen LogP contribution in [0.2, 0.25) is 0 Å². The number of ether oxygens (including phenoxy) is 2. The Morgan fingerprint density at radius 2 is 1.74 bits per heavy atom. The predicted octanol–water partition coefficient (Wildman–Crippen LogP) is 2.50. The van der Waals surface area contributed by atoms with Crippen LogP contribution in [-0.2, 0) is 10.0 Å². The quantitative estimate of drug-likeness (QED) is 0.934. The van der Waals surface area contributed by atoms with Crippen LogP contribution in [0.25, 0.3) is 0 Å². The number of rotatable bonds is 4. The molecule has 0 spiro atoms. The topological polar surface area (TPSA) is 64.6 Å². The van der Waals surface area contributed by atoms with Crippen LogP contribution in [0.5, 0.6) is 11.5 Å².